The fourth-order valence-corrected chi connectivity index (χ4v) is 3.52. The topological polar surface area (TPSA) is 58.6 Å². The van der Waals surface area contributed by atoms with Gasteiger partial charge in [0.25, 0.3) is 0 Å². The lowest BCUT2D eigenvalue weighted by molar-refractivity contribution is -0.136. The molecule has 2 amide bonds. The molecule has 2 aliphatic heterocycles. The first-order valence-electron chi connectivity index (χ1n) is 9.08. The Hall–Kier alpha value is -1.95. The zero-order valence-electron chi connectivity index (χ0n) is 14.4. The Kier molecular flexibility index (Phi) is 6.02. The van der Waals surface area contributed by atoms with Gasteiger partial charge in [0.2, 0.25) is 11.8 Å². The van der Waals surface area contributed by atoms with Crippen molar-refractivity contribution in [3.8, 4) is 0 Å². The second kappa shape index (κ2) is 8.43. The summed E-state index contributed by atoms with van der Waals surface area (Å²) < 4.78 is 19.0. The SMILES string of the molecule is O=C(CN1CCCCCC1=O)N[C@H](c1ccc(F)cc1)[C@H]1CCCO1. The fourth-order valence-electron chi connectivity index (χ4n) is 3.52. The molecule has 2 atom stereocenters. The maximum atomic E-state index is 13.2. The molecule has 0 spiro atoms. The summed E-state index contributed by atoms with van der Waals surface area (Å²) in [6.07, 6.45) is 5.05. The lowest BCUT2D eigenvalue weighted by atomic mass is 9.99. The van der Waals surface area contributed by atoms with E-state index in [1.807, 2.05) is 0 Å². The number of nitrogens with zero attached hydrogens (tertiary/aromatic N) is 1. The van der Waals surface area contributed by atoms with Gasteiger partial charge < -0.3 is 15.0 Å². The average molecular weight is 348 g/mol. The number of amides is 2. The van der Waals surface area contributed by atoms with Gasteiger partial charge in [-0.05, 0) is 43.4 Å². The van der Waals surface area contributed by atoms with Crippen molar-refractivity contribution in [1.29, 1.82) is 0 Å². The molecule has 0 radical (unpaired) electrons. The van der Waals surface area contributed by atoms with Gasteiger partial charge in [-0.15, -0.1) is 0 Å². The standard InChI is InChI=1S/C19H25FN2O3/c20-15-9-7-14(8-10-15)19(16-5-4-12-25-16)21-17(23)13-22-11-3-1-2-6-18(22)24/h7-10,16,19H,1-6,11-13H2,(H,21,23)/t16-,19-/m1/s1. The molecule has 25 heavy (non-hydrogen) atoms. The molecular formula is C19H25FN2O3. The molecule has 3 rings (SSSR count). The predicted molar refractivity (Wildman–Crippen MR) is 91.3 cm³/mol. The smallest absolute Gasteiger partial charge is 0.240 e. The number of carbonyl (C=O) groups excluding carboxylic acids is 2. The number of ether oxygens (including phenoxy) is 1. The minimum absolute atomic E-state index is 0.0445. The Bertz CT molecular complexity index is 599. The Morgan fingerprint density at radius 1 is 1.24 bits per heavy atom. The molecule has 1 aromatic carbocycles. The molecule has 136 valence electrons. The van der Waals surface area contributed by atoms with Gasteiger partial charge in [0.05, 0.1) is 18.7 Å². The Balaban J connectivity index is 1.67. The third-order valence-corrected chi connectivity index (χ3v) is 4.89. The fraction of sp³-hybridized carbons (Fsp3) is 0.579. The zero-order chi connectivity index (χ0) is 17.6. The predicted octanol–water partition coefficient (Wildman–Crippen LogP) is 2.56. The van der Waals surface area contributed by atoms with Crippen LogP contribution in [0.4, 0.5) is 4.39 Å². The number of rotatable bonds is 5. The van der Waals surface area contributed by atoms with Gasteiger partial charge in [-0.2, -0.15) is 0 Å². The third-order valence-electron chi connectivity index (χ3n) is 4.89. The van der Waals surface area contributed by atoms with E-state index in [1.165, 1.54) is 12.1 Å². The maximum Gasteiger partial charge on any atom is 0.240 e. The van der Waals surface area contributed by atoms with E-state index < -0.39 is 0 Å². The van der Waals surface area contributed by atoms with Crippen LogP contribution in [0.2, 0.25) is 0 Å². The van der Waals surface area contributed by atoms with Gasteiger partial charge in [-0.1, -0.05) is 18.6 Å². The molecule has 0 unspecified atom stereocenters. The largest absolute Gasteiger partial charge is 0.376 e. The van der Waals surface area contributed by atoms with E-state index in [0.29, 0.717) is 19.6 Å². The van der Waals surface area contributed by atoms with E-state index in [0.717, 1.165) is 37.7 Å². The van der Waals surface area contributed by atoms with Crippen molar-refractivity contribution in [2.75, 3.05) is 19.7 Å². The molecule has 2 heterocycles. The van der Waals surface area contributed by atoms with Gasteiger partial charge in [-0.3, -0.25) is 9.59 Å². The van der Waals surface area contributed by atoms with E-state index in [-0.39, 0.29) is 36.3 Å². The van der Waals surface area contributed by atoms with Crippen LogP contribution in [-0.2, 0) is 14.3 Å². The lowest BCUT2D eigenvalue weighted by Crippen LogP contribution is -2.44. The van der Waals surface area contributed by atoms with Crippen LogP contribution in [0, 0.1) is 5.82 Å². The monoisotopic (exact) mass is 348 g/mol. The molecular weight excluding hydrogens is 323 g/mol. The molecule has 1 aromatic rings. The van der Waals surface area contributed by atoms with Crippen molar-refractivity contribution >= 4 is 11.8 Å². The highest BCUT2D eigenvalue weighted by molar-refractivity contribution is 5.85. The number of benzene rings is 1. The number of likely N-dealkylation sites (tertiary alicyclic amines) is 1. The van der Waals surface area contributed by atoms with Crippen LogP contribution in [0.3, 0.4) is 0 Å². The van der Waals surface area contributed by atoms with Crippen LogP contribution in [0.25, 0.3) is 0 Å². The summed E-state index contributed by atoms with van der Waals surface area (Å²) in [5, 5.41) is 3.00. The Morgan fingerprint density at radius 3 is 2.76 bits per heavy atom. The maximum absolute atomic E-state index is 13.2. The minimum Gasteiger partial charge on any atom is -0.376 e. The summed E-state index contributed by atoms with van der Waals surface area (Å²) in [4.78, 5) is 26.3. The van der Waals surface area contributed by atoms with E-state index in [2.05, 4.69) is 5.32 Å². The first-order chi connectivity index (χ1) is 12.1. The van der Waals surface area contributed by atoms with Crippen LogP contribution in [-0.4, -0.2) is 42.5 Å². The normalized spacial score (nSPS) is 22.5. The van der Waals surface area contributed by atoms with Crippen molar-refractivity contribution in [1.82, 2.24) is 10.2 Å². The summed E-state index contributed by atoms with van der Waals surface area (Å²) in [6.45, 7) is 1.37. The number of halogens is 1. The highest BCUT2D eigenvalue weighted by Crippen LogP contribution is 2.27. The molecule has 2 saturated heterocycles. The zero-order valence-corrected chi connectivity index (χ0v) is 14.4. The molecule has 0 aliphatic carbocycles. The second-order valence-corrected chi connectivity index (χ2v) is 6.77. The van der Waals surface area contributed by atoms with E-state index >= 15 is 0 Å². The number of hydrogen-bond donors (Lipinski definition) is 1. The van der Waals surface area contributed by atoms with Gasteiger partial charge in [-0.25, -0.2) is 4.39 Å². The van der Waals surface area contributed by atoms with Gasteiger partial charge in [0, 0.05) is 19.6 Å². The third kappa shape index (κ3) is 4.78. The highest BCUT2D eigenvalue weighted by Gasteiger charge is 2.29. The molecule has 0 bridgehead atoms. The molecule has 6 heteroatoms. The number of nitrogens with one attached hydrogen (secondary N) is 1. The van der Waals surface area contributed by atoms with E-state index in [9.17, 15) is 14.0 Å². The van der Waals surface area contributed by atoms with Gasteiger partial charge >= 0.3 is 0 Å². The average Bonchev–Trinajstić information content (AvgIpc) is 3.06. The first-order valence-corrected chi connectivity index (χ1v) is 9.08. The van der Waals surface area contributed by atoms with Gasteiger partial charge in [0.15, 0.2) is 0 Å². The molecule has 1 N–H and O–H groups in total. The molecule has 0 aromatic heterocycles. The van der Waals surface area contributed by atoms with Crippen molar-refractivity contribution < 1.29 is 18.7 Å². The summed E-state index contributed by atoms with van der Waals surface area (Å²) in [5.41, 5.74) is 0.823. The second-order valence-electron chi connectivity index (χ2n) is 6.77. The molecule has 5 nitrogen and oxygen atoms in total. The van der Waals surface area contributed by atoms with Crippen LogP contribution in [0.5, 0.6) is 0 Å². The summed E-state index contributed by atoms with van der Waals surface area (Å²) >= 11 is 0. The molecule has 0 saturated carbocycles. The molecule has 2 fully saturated rings. The van der Waals surface area contributed by atoms with E-state index in [4.69, 9.17) is 4.74 Å². The lowest BCUT2D eigenvalue weighted by Gasteiger charge is -2.27. The van der Waals surface area contributed by atoms with Crippen LogP contribution in [0.15, 0.2) is 24.3 Å². The van der Waals surface area contributed by atoms with Gasteiger partial charge in [0.1, 0.15) is 5.82 Å². The van der Waals surface area contributed by atoms with Crippen LogP contribution in [0.1, 0.15) is 50.1 Å². The van der Waals surface area contributed by atoms with Crippen LogP contribution < -0.4 is 5.32 Å². The summed E-state index contributed by atoms with van der Waals surface area (Å²) in [7, 11) is 0. The number of hydrogen-bond acceptors (Lipinski definition) is 3. The van der Waals surface area contributed by atoms with Crippen molar-refractivity contribution in [2.45, 2.75) is 50.7 Å². The summed E-state index contributed by atoms with van der Waals surface area (Å²) in [6, 6.07) is 5.82. The number of carbonyl (C=O) groups is 2. The Labute approximate surface area is 147 Å². The van der Waals surface area contributed by atoms with Crippen LogP contribution >= 0.6 is 0 Å². The minimum atomic E-state index is -0.322. The first kappa shape index (κ1) is 17.9. The quantitative estimate of drug-likeness (QED) is 0.890. The van der Waals surface area contributed by atoms with Crippen molar-refractivity contribution in [2.24, 2.45) is 0 Å². The molecule has 2 aliphatic rings. The highest BCUT2D eigenvalue weighted by atomic mass is 19.1. The van der Waals surface area contributed by atoms with Crippen molar-refractivity contribution in [3.05, 3.63) is 35.6 Å². The van der Waals surface area contributed by atoms with E-state index in [1.54, 1.807) is 17.0 Å². The Morgan fingerprint density at radius 2 is 2.04 bits per heavy atom. The van der Waals surface area contributed by atoms with Crippen molar-refractivity contribution in [3.63, 3.8) is 0 Å². The summed E-state index contributed by atoms with van der Waals surface area (Å²) in [5.74, 6) is -0.459.